The van der Waals surface area contributed by atoms with E-state index >= 15 is 0 Å². The second-order valence-electron chi connectivity index (χ2n) is 5.23. The van der Waals surface area contributed by atoms with Crippen molar-refractivity contribution >= 4 is 17.3 Å². The fourth-order valence-electron chi connectivity index (χ4n) is 2.59. The summed E-state index contributed by atoms with van der Waals surface area (Å²) in [4.78, 5) is 2.41. The molecule has 3 heteroatoms. The summed E-state index contributed by atoms with van der Waals surface area (Å²) in [6, 6.07) is 0.713. The highest BCUT2D eigenvalue weighted by Crippen LogP contribution is 2.27. The largest absolute Gasteiger partial charge is 0.356 e. The van der Waals surface area contributed by atoms with E-state index in [0.717, 1.165) is 11.7 Å². The van der Waals surface area contributed by atoms with Gasteiger partial charge in [0.1, 0.15) is 0 Å². The van der Waals surface area contributed by atoms with Crippen molar-refractivity contribution in [3.8, 4) is 0 Å². The molecular weight excluding hydrogens is 192 g/mol. The summed E-state index contributed by atoms with van der Waals surface area (Å²) in [6.45, 7) is 5.53. The van der Waals surface area contributed by atoms with E-state index < -0.39 is 0 Å². The van der Waals surface area contributed by atoms with E-state index in [1.54, 1.807) is 0 Å². The third kappa shape index (κ3) is 2.02. The summed E-state index contributed by atoms with van der Waals surface area (Å²) in [5.74, 6) is 0. The van der Waals surface area contributed by atoms with Crippen LogP contribution in [-0.2, 0) is 0 Å². The van der Waals surface area contributed by atoms with Crippen LogP contribution < -0.4 is 5.32 Å². The van der Waals surface area contributed by atoms with Crippen molar-refractivity contribution in [3.63, 3.8) is 0 Å². The van der Waals surface area contributed by atoms with Gasteiger partial charge in [-0.15, -0.1) is 0 Å². The second-order valence-corrected chi connectivity index (χ2v) is 5.62. The van der Waals surface area contributed by atoms with Crippen LogP contribution in [0.3, 0.4) is 0 Å². The molecule has 0 atom stereocenters. The first-order chi connectivity index (χ1) is 6.58. The molecule has 1 saturated heterocycles. The van der Waals surface area contributed by atoms with E-state index in [2.05, 4.69) is 24.1 Å². The Morgan fingerprint density at radius 2 is 1.93 bits per heavy atom. The molecule has 0 bridgehead atoms. The van der Waals surface area contributed by atoms with Gasteiger partial charge < -0.3 is 10.2 Å². The van der Waals surface area contributed by atoms with Gasteiger partial charge in [-0.3, -0.25) is 0 Å². The lowest BCUT2D eigenvalue weighted by Gasteiger charge is -2.32. The summed E-state index contributed by atoms with van der Waals surface area (Å²) in [5, 5.41) is 4.37. The maximum absolute atomic E-state index is 5.39. The van der Waals surface area contributed by atoms with Crippen molar-refractivity contribution in [2.75, 3.05) is 6.54 Å². The highest BCUT2D eigenvalue weighted by Gasteiger charge is 2.36. The minimum Gasteiger partial charge on any atom is -0.356 e. The zero-order valence-electron chi connectivity index (χ0n) is 9.18. The highest BCUT2D eigenvalue weighted by atomic mass is 32.1. The van der Waals surface area contributed by atoms with E-state index in [1.807, 2.05) is 0 Å². The molecule has 2 aliphatic rings. The standard InChI is InChI=1S/C11H20N2S/c1-11(2)8-13(10(14)12-11)9-6-4-3-5-7-9/h9H,3-8H2,1-2H3,(H,12,14). The monoisotopic (exact) mass is 212 g/mol. The molecule has 0 aromatic heterocycles. The minimum absolute atomic E-state index is 0.175. The van der Waals surface area contributed by atoms with E-state index in [4.69, 9.17) is 12.2 Å². The molecule has 2 nitrogen and oxygen atoms in total. The predicted octanol–water partition coefficient (Wildman–Crippen LogP) is 2.29. The normalized spacial score (nSPS) is 27.9. The van der Waals surface area contributed by atoms with Gasteiger partial charge in [0, 0.05) is 12.6 Å². The van der Waals surface area contributed by atoms with Crippen molar-refractivity contribution in [2.24, 2.45) is 0 Å². The average Bonchev–Trinajstić information content (AvgIpc) is 2.41. The fourth-order valence-corrected chi connectivity index (χ4v) is 3.08. The van der Waals surface area contributed by atoms with Gasteiger partial charge in [0.25, 0.3) is 0 Å². The Kier molecular flexibility index (Phi) is 2.69. The predicted molar refractivity (Wildman–Crippen MR) is 63.4 cm³/mol. The van der Waals surface area contributed by atoms with Crippen LogP contribution in [0, 0.1) is 0 Å². The van der Waals surface area contributed by atoms with Crippen LogP contribution in [0.25, 0.3) is 0 Å². The molecule has 1 heterocycles. The van der Waals surface area contributed by atoms with E-state index in [9.17, 15) is 0 Å². The van der Waals surface area contributed by atoms with Crippen LogP contribution in [-0.4, -0.2) is 28.1 Å². The van der Waals surface area contributed by atoms with Crippen LogP contribution in [0.15, 0.2) is 0 Å². The molecule has 0 aromatic carbocycles. The zero-order chi connectivity index (χ0) is 10.2. The van der Waals surface area contributed by atoms with Crippen molar-refractivity contribution < 1.29 is 0 Å². The molecule has 0 spiro atoms. The quantitative estimate of drug-likeness (QED) is 0.671. The van der Waals surface area contributed by atoms with Crippen LogP contribution in [0.5, 0.6) is 0 Å². The number of hydrogen-bond donors (Lipinski definition) is 1. The molecular formula is C11H20N2S. The van der Waals surface area contributed by atoms with Gasteiger partial charge >= 0.3 is 0 Å². The van der Waals surface area contributed by atoms with E-state index in [-0.39, 0.29) is 5.54 Å². The van der Waals surface area contributed by atoms with Crippen molar-refractivity contribution in [1.29, 1.82) is 0 Å². The second kappa shape index (κ2) is 3.69. The van der Waals surface area contributed by atoms with Gasteiger partial charge in [-0.25, -0.2) is 0 Å². The highest BCUT2D eigenvalue weighted by molar-refractivity contribution is 7.80. The Bertz CT molecular complexity index is 231. The molecule has 2 rings (SSSR count). The van der Waals surface area contributed by atoms with Gasteiger partial charge in [0.2, 0.25) is 0 Å². The van der Waals surface area contributed by atoms with Crippen molar-refractivity contribution in [1.82, 2.24) is 10.2 Å². The molecule has 1 aliphatic carbocycles. The van der Waals surface area contributed by atoms with Crippen LogP contribution >= 0.6 is 12.2 Å². The van der Waals surface area contributed by atoms with Crippen LogP contribution in [0.1, 0.15) is 46.0 Å². The lowest BCUT2D eigenvalue weighted by Crippen LogP contribution is -2.38. The maximum atomic E-state index is 5.39. The Labute approximate surface area is 92.0 Å². The Morgan fingerprint density at radius 1 is 1.29 bits per heavy atom. The molecule has 1 aliphatic heterocycles. The van der Waals surface area contributed by atoms with Gasteiger partial charge in [-0.2, -0.15) is 0 Å². The third-order valence-corrected chi connectivity index (χ3v) is 3.62. The minimum atomic E-state index is 0.175. The summed E-state index contributed by atoms with van der Waals surface area (Å²) >= 11 is 5.39. The van der Waals surface area contributed by atoms with Crippen molar-refractivity contribution in [2.45, 2.75) is 57.5 Å². The molecule has 1 N–H and O–H groups in total. The molecule has 80 valence electrons. The fraction of sp³-hybridized carbons (Fsp3) is 0.909. The topological polar surface area (TPSA) is 15.3 Å². The molecule has 0 aromatic rings. The first kappa shape index (κ1) is 10.2. The zero-order valence-corrected chi connectivity index (χ0v) is 9.99. The summed E-state index contributed by atoms with van der Waals surface area (Å²) < 4.78 is 0. The average molecular weight is 212 g/mol. The van der Waals surface area contributed by atoms with Crippen molar-refractivity contribution in [3.05, 3.63) is 0 Å². The summed E-state index contributed by atoms with van der Waals surface area (Å²) in [5.41, 5.74) is 0.175. The Morgan fingerprint density at radius 3 is 2.43 bits per heavy atom. The van der Waals surface area contributed by atoms with Gasteiger partial charge in [0.05, 0.1) is 5.54 Å². The molecule has 0 radical (unpaired) electrons. The molecule has 1 saturated carbocycles. The van der Waals surface area contributed by atoms with Gasteiger partial charge in [-0.05, 0) is 38.9 Å². The smallest absolute Gasteiger partial charge is 0.169 e. The van der Waals surface area contributed by atoms with Crippen LogP contribution in [0.4, 0.5) is 0 Å². The number of nitrogens with one attached hydrogen (secondary N) is 1. The molecule has 14 heavy (non-hydrogen) atoms. The number of nitrogens with zero attached hydrogens (tertiary/aromatic N) is 1. The molecule has 2 fully saturated rings. The van der Waals surface area contributed by atoms with Crippen LogP contribution in [0.2, 0.25) is 0 Å². The third-order valence-electron chi connectivity index (χ3n) is 3.29. The number of thiocarbonyl (C=S) groups is 1. The Balaban J connectivity index is 2.00. The number of hydrogen-bond acceptors (Lipinski definition) is 1. The lowest BCUT2D eigenvalue weighted by atomic mass is 9.94. The summed E-state index contributed by atoms with van der Waals surface area (Å²) in [6.07, 6.45) is 6.83. The Hall–Kier alpha value is -0.310. The summed E-state index contributed by atoms with van der Waals surface area (Å²) in [7, 11) is 0. The maximum Gasteiger partial charge on any atom is 0.169 e. The van der Waals surface area contributed by atoms with Gasteiger partial charge in [0.15, 0.2) is 5.11 Å². The first-order valence-electron chi connectivity index (χ1n) is 5.67. The van der Waals surface area contributed by atoms with Gasteiger partial charge in [-0.1, -0.05) is 19.3 Å². The van der Waals surface area contributed by atoms with E-state index in [1.165, 1.54) is 32.1 Å². The SMILES string of the molecule is CC1(C)CN(C2CCCCC2)C(=S)N1. The van der Waals surface area contributed by atoms with E-state index in [0.29, 0.717) is 6.04 Å². The molecule has 0 unspecified atom stereocenters. The lowest BCUT2D eigenvalue weighted by molar-refractivity contribution is 0.242. The number of rotatable bonds is 1. The first-order valence-corrected chi connectivity index (χ1v) is 6.08. The molecule has 0 amide bonds.